The topological polar surface area (TPSA) is 92.7 Å². The Labute approximate surface area is 200 Å². The molecule has 0 aromatic carbocycles. The minimum Gasteiger partial charge on any atom is -0.459 e. The van der Waals surface area contributed by atoms with Crippen LogP contribution in [0.1, 0.15) is 49.6 Å². The summed E-state index contributed by atoms with van der Waals surface area (Å²) >= 11 is 0. The molecule has 2 saturated heterocycles. The fraction of sp³-hybridized carbons (Fsp3) is 0.625. The molecule has 10 heteroatoms. The number of amidine groups is 2. The maximum atomic E-state index is 13.1. The van der Waals surface area contributed by atoms with Gasteiger partial charge in [0, 0.05) is 40.3 Å². The van der Waals surface area contributed by atoms with Crippen LogP contribution < -0.4 is 0 Å². The Bertz CT molecular complexity index is 978. The third-order valence-corrected chi connectivity index (χ3v) is 6.87. The summed E-state index contributed by atoms with van der Waals surface area (Å²) in [7, 11) is 3.21. The van der Waals surface area contributed by atoms with Gasteiger partial charge in [0.25, 0.3) is 23.7 Å². The lowest BCUT2D eigenvalue weighted by molar-refractivity contribution is -0.537. The number of nitrogens with zero attached hydrogens (tertiary/aromatic N) is 6. The molecule has 4 rings (SSSR count). The smallest absolute Gasteiger partial charge is 0.333 e. The number of carbonyl (C=O) groups excluding carboxylic acids is 3. The molecule has 4 heterocycles. The maximum Gasteiger partial charge on any atom is 0.333 e. The number of piperazine rings is 1. The summed E-state index contributed by atoms with van der Waals surface area (Å²) in [5.41, 5.74) is 0. The number of amides is 4. The van der Waals surface area contributed by atoms with Crippen LogP contribution >= 0.6 is 0 Å². The average Bonchev–Trinajstić information content (AvgIpc) is 3.50. The first-order valence-electron chi connectivity index (χ1n) is 12.2. The highest BCUT2D eigenvalue weighted by molar-refractivity contribution is 6.23. The van der Waals surface area contributed by atoms with Gasteiger partial charge in [0.05, 0.1) is 12.8 Å². The van der Waals surface area contributed by atoms with Crippen molar-refractivity contribution in [1.29, 1.82) is 0 Å². The molecule has 1 atom stereocenters. The summed E-state index contributed by atoms with van der Waals surface area (Å²) in [6.45, 7) is 6.12. The molecule has 34 heavy (non-hydrogen) atoms. The molecule has 184 valence electrons. The second kappa shape index (κ2) is 10.5. The predicted octanol–water partition coefficient (Wildman–Crippen LogP) is 1.72. The second-order valence-corrected chi connectivity index (χ2v) is 9.18. The van der Waals surface area contributed by atoms with Crippen molar-refractivity contribution in [1.82, 2.24) is 19.6 Å². The molecule has 1 unspecified atom stereocenters. The fourth-order valence-corrected chi connectivity index (χ4v) is 4.78. The summed E-state index contributed by atoms with van der Waals surface area (Å²) in [5, 5.41) is 0. The van der Waals surface area contributed by atoms with Crippen LogP contribution in [-0.4, -0.2) is 113 Å². The molecule has 0 spiro atoms. The Balaban J connectivity index is 1.46. The van der Waals surface area contributed by atoms with Gasteiger partial charge in [-0.15, -0.1) is 0 Å². The van der Waals surface area contributed by atoms with Gasteiger partial charge in [-0.2, -0.15) is 0 Å². The number of hydrogen-bond donors (Lipinski definition) is 0. The molecule has 0 radical (unpaired) electrons. The summed E-state index contributed by atoms with van der Waals surface area (Å²) in [5.74, 6) is 1.39. The van der Waals surface area contributed by atoms with E-state index in [0.717, 1.165) is 25.2 Å². The van der Waals surface area contributed by atoms with E-state index in [4.69, 9.17) is 9.41 Å². The van der Waals surface area contributed by atoms with E-state index >= 15 is 0 Å². The van der Waals surface area contributed by atoms with Crippen LogP contribution in [0, 0.1) is 0 Å². The highest BCUT2D eigenvalue weighted by Gasteiger charge is 2.52. The zero-order chi connectivity index (χ0) is 24.2. The van der Waals surface area contributed by atoms with Gasteiger partial charge in [-0.25, -0.2) is 9.37 Å². The third kappa shape index (κ3) is 4.77. The largest absolute Gasteiger partial charge is 0.459 e. The lowest BCUT2D eigenvalue weighted by Crippen LogP contribution is -2.61. The fourth-order valence-electron chi connectivity index (χ4n) is 4.78. The number of urea groups is 1. The number of imide groups is 1. The van der Waals surface area contributed by atoms with Crippen molar-refractivity contribution in [3.05, 3.63) is 24.2 Å². The van der Waals surface area contributed by atoms with Crippen LogP contribution in [0.3, 0.4) is 0 Å². The first-order chi connectivity index (χ1) is 16.4. The molecule has 4 amide bonds. The summed E-state index contributed by atoms with van der Waals surface area (Å²) in [4.78, 5) is 49.6. The highest BCUT2D eigenvalue weighted by atomic mass is 16.3. The number of rotatable bonds is 9. The van der Waals surface area contributed by atoms with E-state index < -0.39 is 6.04 Å². The summed E-state index contributed by atoms with van der Waals surface area (Å²) in [6, 6.07) is 2.51. The molecule has 2 fully saturated rings. The molecular formula is C24H35N6O4+. The van der Waals surface area contributed by atoms with Gasteiger partial charge < -0.3 is 9.32 Å². The van der Waals surface area contributed by atoms with Crippen LogP contribution in [0.5, 0.6) is 0 Å². The third-order valence-electron chi connectivity index (χ3n) is 6.87. The first-order valence-corrected chi connectivity index (χ1v) is 12.2. The van der Waals surface area contributed by atoms with Crippen molar-refractivity contribution >= 4 is 29.5 Å². The molecule has 0 N–H and O–H groups in total. The SMILES string of the molecule is CCCCCCC[N+]1=C(CN2CCN(C(=O)c3ccco3)CC2)N=C2C1C(=O)N(C)C(=O)N2C. The van der Waals surface area contributed by atoms with Crippen LogP contribution in [0.25, 0.3) is 0 Å². The van der Waals surface area contributed by atoms with Crippen molar-refractivity contribution in [3.63, 3.8) is 0 Å². The Morgan fingerprint density at radius 2 is 1.82 bits per heavy atom. The van der Waals surface area contributed by atoms with Crippen molar-refractivity contribution in [2.45, 2.75) is 45.1 Å². The van der Waals surface area contributed by atoms with Gasteiger partial charge in [0.1, 0.15) is 6.54 Å². The van der Waals surface area contributed by atoms with Gasteiger partial charge in [-0.1, -0.05) is 26.2 Å². The van der Waals surface area contributed by atoms with Crippen LogP contribution in [0.2, 0.25) is 0 Å². The minimum atomic E-state index is -0.546. The molecule has 0 bridgehead atoms. The number of aliphatic imine (C=N–C) groups is 1. The van der Waals surface area contributed by atoms with Crippen molar-refractivity contribution in [2.75, 3.05) is 53.4 Å². The molecule has 0 saturated carbocycles. The zero-order valence-corrected chi connectivity index (χ0v) is 20.4. The van der Waals surface area contributed by atoms with Crippen LogP contribution in [0.4, 0.5) is 4.79 Å². The van der Waals surface area contributed by atoms with E-state index in [9.17, 15) is 14.4 Å². The monoisotopic (exact) mass is 471 g/mol. The van der Waals surface area contributed by atoms with E-state index in [2.05, 4.69) is 16.4 Å². The predicted molar refractivity (Wildman–Crippen MR) is 127 cm³/mol. The first kappa shape index (κ1) is 24.1. The van der Waals surface area contributed by atoms with E-state index in [0.29, 0.717) is 44.3 Å². The lowest BCUT2D eigenvalue weighted by atomic mass is 10.1. The van der Waals surface area contributed by atoms with Crippen molar-refractivity contribution in [2.24, 2.45) is 4.99 Å². The maximum absolute atomic E-state index is 13.1. The number of fused-ring (bicyclic) bond motifs is 1. The van der Waals surface area contributed by atoms with E-state index in [1.165, 1.54) is 42.4 Å². The Kier molecular flexibility index (Phi) is 7.45. The number of carbonyl (C=O) groups is 3. The van der Waals surface area contributed by atoms with Gasteiger partial charge in [0.2, 0.25) is 0 Å². The standard InChI is InChI=1S/C24H35N6O4/c1-4-5-6-7-8-11-30-19(25-21-20(30)23(32)27(3)24(33)26(21)2)17-28-12-14-29(15-13-28)22(31)18-10-9-16-34-18/h9-10,16,20H,4-8,11-15,17H2,1-3H3/q+1. The number of furan rings is 1. The zero-order valence-electron chi connectivity index (χ0n) is 20.4. The van der Waals surface area contributed by atoms with Gasteiger partial charge in [0.15, 0.2) is 5.76 Å². The number of hydrogen-bond acceptors (Lipinski definition) is 6. The quantitative estimate of drug-likeness (QED) is 0.404. The van der Waals surface area contributed by atoms with Crippen molar-refractivity contribution < 1.29 is 23.4 Å². The molecule has 10 nitrogen and oxygen atoms in total. The molecular weight excluding hydrogens is 436 g/mol. The van der Waals surface area contributed by atoms with Gasteiger partial charge >= 0.3 is 11.9 Å². The highest BCUT2D eigenvalue weighted by Crippen LogP contribution is 2.20. The molecule has 0 aliphatic carbocycles. The minimum absolute atomic E-state index is 0.0908. The summed E-state index contributed by atoms with van der Waals surface area (Å²) in [6.07, 6.45) is 7.16. The Morgan fingerprint density at radius 1 is 1.09 bits per heavy atom. The number of likely N-dealkylation sites (N-methyl/N-ethyl adjacent to an activating group) is 2. The number of unbranched alkanes of at least 4 members (excludes halogenated alkanes) is 4. The van der Waals surface area contributed by atoms with Gasteiger partial charge in [-0.05, 0) is 30.0 Å². The van der Waals surface area contributed by atoms with E-state index in [-0.39, 0.29) is 17.8 Å². The molecule has 1 aromatic rings. The van der Waals surface area contributed by atoms with Crippen molar-refractivity contribution in [3.8, 4) is 0 Å². The average molecular weight is 472 g/mol. The van der Waals surface area contributed by atoms with Crippen LogP contribution in [-0.2, 0) is 4.79 Å². The lowest BCUT2D eigenvalue weighted by Gasteiger charge is -2.33. The van der Waals surface area contributed by atoms with Gasteiger partial charge in [-0.3, -0.25) is 24.3 Å². The molecule has 3 aliphatic rings. The van der Waals surface area contributed by atoms with E-state index in [1.807, 2.05) is 0 Å². The second-order valence-electron chi connectivity index (χ2n) is 9.18. The molecule has 1 aromatic heterocycles. The van der Waals surface area contributed by atoms with Crippen LogP contribution in [0.15, 0.2) is 27.8 Å². The Hall–Kier alpha value is -3.01. The van der Waals surface area contributed by atoms with E-state index in [1.54, 1.807) is 24.1 Å². The Morgan fingerprint density at radius 3 is 2.50 bits per heavy atom. The summed E-state index contributed by atoms with van der Waals surface area (Å²) < 4.78 is 7.34. The molecule has 3 aliphatic heterocycles. The normalized spacial score (nSPS) is 21.4.